The number of nitrogens with one attached hydrogen (secondary N) is 1. The fourth-order valence-electron chi connectivity index (χ4n) is 1.68. The fourth-order valence-corrected chi connectivity index (χ4v) is 2.90. The highest BCUT2D eigenvalue weighted by molar-refractivity contribution is 7.92. The fraction of sp³-hybridized carbons (Fsp3) is 0.0667. The van der Waals surface area contributed by atoms with Gasteiger partial charge in [0, 0.05) is 11.3 Å². The minimum atomic E-state index is -3.80. The lowest BCUT2D eigenvalue weighted by atomic mass is 10.2. The quantitative estimate of drug-likeness (QED) is 0.851. The maximum Gasteiger partial charge on any atom is 0.263 e. The standard InChI is InChI=1S/C15H13FN2O2S/c16-13-7-9-14(10-8-13)18-21(19,20)15-6-2-1-4-12(15)5-3-11-17/h1-2,4,6-10,18H,11,17H2. The number of hydrogen-bond donors (Lipinski definition) is 2. The summed E-state index contributed by atoms with van der Waals surface area (Å²) in [6.07, 6.45) is 0. The predicted octanol–water partition coefficient (Wildman–Crippen LogP) is 1.94. The van der Waals surface area contributed by atoms with E-state index in [1.807, 2.05) is 0 Å². The Morgan fingerprint density at radius 1 is 1.10 bits per heavy atom. The number of rotatable bonds is 3. The van der Waals surface area contributed by atoms with Crippen molar-refractivity contribution in [1.82, 2.24) is 0 Å². The van der Waals surface area contributed by atoms with Gasteiger partial charge in [0.05, 0.1) is 6.54 Å². The van der Waals surface area contributed by atoms with Crippen LogP contribution in [0.2, 0.25) is 0 Å². The molecule has 0 unspecified atom stereocenters. The van der Waals surface area contributed by atoms with Crippen LogP contribution in [0, 0.1) is 17.7 Å². The Kier molecular flexibility index (Phi) is 4.58. The van der Waals surface area contributed by atoms with Gasteiger partial charge in [-0.3, -0.25) is 4.72 Å². The van der Waals surface area contributed by atoms with Gasteiger partial charge in [-0.25, -0.2) is 12.8 Å². The molecule has 0 aliphatic heterocycles. The molecular weight excluding hydrogens is 291 g/mol. The van der Waals surface area contributed by atoms with Crippen molar-refractivity contribution < 1.29 is 12.8 Å². The smallest absolute Gasteiger partial charge is 0.263 e. The van der Waals surface area contributed by atoms with Gasteiger partial charge in [-0.2, -0.15) is 0 Å². The molecule has 0 bridgehead atoms. The van der Waals surface area contributed by atoms with Gasteiger partial charge in [-0.05, 0) is 36.4 Å². The first-order valence-corrected chi connectivity index (χ1v) is 7.57. The normalized spacial score (nSPS) is 10.6. The highest BCUT2D eigenvalue weighted by Gasteiger charge is 2.17. The second kappa shape index (κ2) is 6.39. The molecule has 0 aromatic heterocycles. The summed E-state index contributed by atoms with van der Waals surface area (Å²) in [5, 5.41) is 0. The van der Waals surface area contributed by atoms with Gasteiger partial charge in [0.25, 0.3) is 10.0 Å². The molecule has 2 aromatic carbocycles. The molecule has 0 spiro atoms. The molecule has 0 fully saturated rings. The van der Waals surface area contributed by atoms with Crippen molar-refractivity contribution in [2.24, 2.45) is 5.73 Å². The third-order valence-electron chi connectivity index (χ3n) is 2.60. The molecule has 6 heteroatoms. The van der Waals surface area contributed by atoms with Crippen LogP contribution in [0.1, 0.15) is 5.56 Å². The van der Waals surface area contributed by atoms with Crippen LogP contribution in [0.5, 0.6) is 0 Å². The molecule has 0 amide bonds. The summed E-state index contributed by atoms with van der Waals surface area (Å²) in [6.45, 7) is 0.139. The molecule has 4 nitrogen and oxygen atoms in total. The maximum absolute atomic E-state index is 12.8. The molecule has 0 saturated heterocycles. The molecule has 3 N–H and O–H groups in total. The van der Waals surface area contributed by atoms with Gasteiger partial charge < -0.3 is 5.73 Å². The summed E-state index contributed by atoms with van der Waals surface area (Å²) in [7, 11) is -3.80. The van der Waals surface area contributed by atoms with E-state index in [0.29, 0.717) is 5.56 Å². The van der Waals surface area contributed by atoms with Gasteiger partial charge in [0.2, 0.25) is 0 Å². The van der Waals surface area contributed by atoms with Crippen molar-refractivity contribution in [3.05, 3.63) is 59.9 Å². The number of anilines is 1. The van der Waals surface area contributed by atoms with E-state index in [0.717, 1.165) is 0 Å². The van der Waals surface area contributed by atoms with Crippen LogP contribution in [-0.2, 0) is 10.0 Å². The van der Waals surface area contributed by atoms with Gasteiger partial charge in [-0.15, -0.1) is 0 Å². The Hall–Kier alpha value is -2.36. The van der Waals surface area contributed by atoms with E-state index < -0.39 is 15.8 Å². The van der Waals surface area contributed by atoms with Crippen molar-refractivity contribution >= 4 is 15.7 Å². The number of halogens is 1. The van der Waals surface area contributed by atoms with E-state index in [1.165, 1.54) is 30.3 Å². The lowest BCUT2D eigenvalue weighted by Gasteiger charge is -2.09. The molecule has 0 radical (unpaired) electrons. The Labute approximate surface area is 122 Å². The molecule has 2 rings (SSSR count). The van der Waals surface area contributed by atoms with E-state index in [1.54, 1.807) is 18.2 Å². The van der Waals surface area contributed by atoms with E-state index in [9.17, 15) is 12.8 Å². The lowest BCUT2D eigenvalue weighted by molar-refractivity contribution is 0.600. The number of nitrogens with two attached hydrogens (primary N) is 1. The molecule has 0 atom stereocenters. The van der Waals surface area contributed by atoms with Crippen LogP contribution in [0.4, 0.5) is 10.1 Å². The zero-order valence-corrected chi connectivity index (χ0v) is 11.8. The summed E-state index contributed by atoms with van der Waals surface area (Å²) in [4.78, 5) is 0.0512. The van der Waals surface area contributed by atoms with Crippen LogP contribution in [0.3, 0.4) is 0 Å². The molecule has 21 heavy (non-hydrogen) atoms. The maximum atomic E-state index is 12.8. The predicted molar refractivity (Wildman–Crippen MR) is 79.6 cm³/mol. The van der Waals surface area contributed by atoms with Crippen LogP contribution < -0.4 is 10.5 Å². The Balaban J connectivity index is 2.38. The lowest BCUT2D eigenvalue weighted by Crippen LogP contribution is -2.14. The van der Waals surface area contributed by atoms with Crippen molar-refractivity contribution in [2.75, 3.05) is 11.3 Å². The summed E-state index contributed by atoms with van der Waals surface area (Å²) in [5.41, 5.74) is 5.93. The van der Waals surface area contributed by atoms with E-state index in [-0.39, 0.29) is 17.1 Å². The van der Waals surface area contributed by atoms with Crippen LogP contribution >= 0.6 is 0 Å². The summed E-state index contributed by atoms with van der Waals surface area (Å²) >= 11 is 0. The van der Waals surface area contributed by atoms with Gasteiger partial charge >= 0.3 is 0 Å². The molecule has 2 aromatic rings. The first-order chi connectivity index (χ1) is 10.0. The van der Waals surface area contributed by atoms with Crippen LogP contribution in [-0.4, -0.2) is 15.0 Å². The molecule has 0 aliphatic carbocycles. The van der Waals surface area contributed by atoms with Gasteiger partial charge in [0.1, 0.15) is 10.7 Å². The first-order valence-electron chi connectivity index (χ1n) is 6.09. The molecule has 0 heterocycles. The van der Waals surface area contributed by atoms with Crippen LogP contribution in [0.25, 0.3) is 0 Å². The largest absolute Gasteiger partial charge is 0.320 e. The van der Waals surface area contributed by atoms with E-state index in [2.05, 4.69) is 16.6 Å². The number of hydrogen-bond acceptors (Lipinski definition) is 3. The third-order valence-corrected chi connectivity index (χ3v) is 4.04. The SMILES string of the molecule is NCC#Cc1ccccc1S(=O)(=O)Nc1ccc(F)cc1. The monoisotopic (exact) mass is 304 g/mol. The third kappa shape index (κ3) is 3.81. The second-order valence-electron chi connectivity index (χ2n) is 4.11. The van der Waals surface area contributed by atoms with Crippen molar-refractivity contribution in [3.8, 4) is 11.8 Å². The Bertz CT molecular complexity index is 790. The average molecular weight is 304 g/mol. The Morgan fingerprint density at radius 3 is 2.43 bits per heavy atom. The van der Waals surface area contributed by atoms with Crippen molar-refractivity contribution in [3.63, 3.8) is 0 Å². The van der Waals surface area contributed by atoms with E-state index >= 15 is 0 Å². The minimum absolute atomic E-state index is 0.0512. The molecule has 0 aliphatic rings. The second-order valence-corrected chi connectivity index (χ2v) is 5.77. The summed E-state index contributed by atoms with van der Waals surface area (Å²) in [5.74, 6) is 4.91. The van der Waals surface area contributed by atoms with Crippen molar-refractivity contribution in [1.29, 1.82) is 0 Å². The molecule has 108 valence electrons. The number of sulfonamides is 1. The number of benzene rings is 2. The van der Waals surface area contributed by atoms with Gasteiger partial charge in [-0.1, -0.05) is 24.0 Å². The Morgan fingerprint density at radius 2 is 1.76 bits per heavy atom. The highest BCUT2D eigenvalue weighted by atomic mass is 32.2. The summed E-state index contributed by atoms with van der Waals surface area (Å²) in [6, 6.07) is 11.4. The first kappa shape index (κ1) is 15.0. The molecular formula is C15H13FN2O2S. The van der Waals surface area contributed by atoms with E-state index in [4.69, 9.17) is 5.73 Å². The molecule has 0 saturated carbocycles. The van der Waals surface area contributed by atoms with Crippen molar-refractivity contribution in [2.45, 2.75) is 4.90 Å². The average Bonchev–Trinajstić information content (AvgIpc) is 2.47. The van der Waals surface area contributed by atoms with Crippen LogP contribution in [0.15, 0.2) is 53.4 Å². The summed E-state index contributed by atoms with van der Waals surface area (Å²) < 4.78 is 40.0. The zero-order valence-electron chi connectivity index (χ0n) is 11.0. The van der Waals surface area contributed by atoms with Gasteiger partial charge in [0.15, 0.2) is 0 Å². The minimum Gasteiger partial charge on any atom is -0.320 e. The zero-order chi connectivity index (χ0) is 15.3. The highest BCUT2D eigenvalue weighted by Crippen LogP contribution is 2.19. The topological polar surface area (TPSA) is 72.2 Å².